The van der Waals surface area contributed by atoms with E-state index in [1.165, 1.54) is 23.0 Å². The van der Waals surface area contributed by atoms with Crippen molar-refractivity contribution >= 4 is 35.0 Å². The molecule has 1 aliphatic rings. The van der Waals surface area contributed by atoms with Gasteiger partial charge in [0.25, 0.3) is 11.5 Å². The molecule has 1 atom stereocenters. The van der Waals surface area contributed by atoms with Crippen molar-refractivity contribution in [2.45, 2.75) is 13.0 Å². The molecular weight excluding hydrogens is 570 g/mol. The molecule has 5 rings (SSSR count). The van der Waals surface area contributed by atoms with Crippen molar-refractivity contribution in [2.24, 2.45) is 10.7 Å². The molecule has 1 aromatic heterocycles. The number of nitrogens with zero attached hydrogens (tertiary/aromatic N) is 2. The number of ether oxygens (including phenoxy) is 4. The number of benzene rings is 3. The van der Waals surface area contributed by atoms with E-state index < -0.39 is 17.9 Å². The second-order valence-corrected chi connectivity index (χ2v) is 10.4. The Morgan fingerprint density at radius 3 is 2.37 bits per heavy atom. The zero-order chi connectivity index (χ0) is 30.5. The lowest BCUT2D eigenvalue weighted by Crippen LogP contribution is -2.40. The van der Waals surface area contributed by atoms with Crippen LogP contribution in [0.15, 0.2) is 88.2 Å². The molecule has 0 bridgehead atoms. The molecule has 1 amide bonds. The number of primary amides is 1. The Labute approximate surface area is 250 Å². The fraction of sp³-hybridized carbons (Fsp3) is 0.188. The van der Waals surface area contributed by atoms with Crippen molar-refractivity contribution < 1.29 is 28.5 Å². The van der Waals surface area contributed by atoms with Gasteiger partial charge in [-0.05, 0) is 48.9 Å². The highest BCUT2D eigenvalue weighted by Gasteiger charge is 2.37. The molecule has 10 nitrogen and oxygen atoms in total. The van der Waals surface area contributed by atoms with Gasteiger partial charge in [0.1, 0.15) is 23.3 Å². The number of hydrogen-bond donors (Lipinski definition) is 1. The summed E-state index contributed by atoms with van der Waals surface area (Å²) in [6.07, 6.45) is 1.73. The molecule has 0 spiro atoms. The first-order chi connectivity index (χ1) is 20.8. The summed E-state index contributed by atoms with van der Waals surface area (Å²) in [5.74, 6) is 0.278. The maximum atomic E-state index is 14.1. The summed E-state index contributed by atoms with van der Waals surface area (Å²) >= 11 is 1.20. The molecule has 0 aliphatic carbocycles. The van der Waals surface area contributed by atoms with Gasteiger partial charge in [-0.25, -0.2) is 9.79 Å². The van der Waals surface area contributed by atoms with Crippen LogP contribution in [0.4, 0.5) is 0 Å². The van der Waals surface area contributed by atoms with Crippen LogP contribution >= 0.6 is 11.3 Å². The number of hydrogen-bond acceptors (Lipinski definition) is 9. The topological polar surface area (TPSA) is 131 Å². The van der Waals surface area contributed by atoms with Gasteiger partial charge in [0, 0.05) is 11.1 Å². The molecule has 0 radical (unpaired) electrons. The summed E-state index contributed by atoms with van der Waals surface area (Å²) in [6.45, 7) is 1.62. The van der Waals surface area contributed by atoms with Gasteiger partial charge in [0.05, 0.1) is 36.6 Å². The largest absolute Gasteiger partial charge is 0.497 e. The molecule has 0 fully saturated rings. The SMILES string of the molecule is CCOC(=O)C1=C(c2ccccc2)N=c2s/c(=C\c3ccc(OCC(N)=O)cc3)c(=O)n2[C@H]1c1cc(OC)ccc1OC. The molecular formula is C32H29N3O7S. The van der Waals surface area contributed by atoms with E-state index in [9.17, 15) is 14.4 Å². The normalized spacial score (nSPS) is 14.5. The third-order valence-electron chi connectivity index (χ3n) is 6.66. The lowest BCUT2D eigenvalue weighted by molar-refractivity contribution is -0.138. The Hall–Kier alpha value is -5.16. The van der Waals surface area contributed by atoms with E-state index in [2.05, 4.69) is 0 Å². The van der Waals surface area contributed by atoms with Crippen molar-refractivity contribution in [2.75, 3.05) is 27.4 Å². The molecule has 1 aliphatic heterocycles. The van der Waals surface area contributed by atoms with Crippen molar-refractivity contribution in [1.29, 1.82) is 0 Å². The third kappa shape index (κ3) is 6.07. The summed E-state index contributed by atoms with van der Waals surface area (Å²) in [6, 6.07) is 20.5. The number of amides is 1. The van der Waals surface area contributed by atoms with E-state index in [1.54, 1.807) is 62.6 Å². The van der Waals surface area contributed by atoms with Crippen LogP contribution in [0.1, 0.15) is 29.7 Å². The Morgan fingerprint density at radius 2 is 1.72 bits per heavy atom. The predicted octanol–water partition coefficient (Wildman–Crippen LogP) is 2.82. The fourth-order valence-corrected chi connectivity index (χ4v) is 5.75. The van der Waals surface area contributed by atoms with E-state index in [4.69, 9.17) is 29.7 Å². The first kappa shape index (κ1) is 29.3. The van der Waals surface area contributed by atoms with Gasteiger partial charge in [-0.15, -0.1) is 0 Å². The highest BCUT2D eigenvalue weighted by molar-refractivity contribution is 7.07. The number of esters is 1. The van der Waals surface area contributed by atoms with Crippen LogP contribution in [-0.4, -0.2) is 43.9 Å². The quantitative estimate of drug-likeness (QED) is 0.277. The molecule has 3 aromatic carbocycles. The molecule has 0 saturated carbocycles. The monoisotopic (exact) mass is 599 g/mol. The summed E-state index contributed by atoms with van der Waals surface area (Å²) < 4.78 is 24.0. The van der Waals surface area contributed by atoms with Gasteiger partial charge in [-0.2, -0.15) is 0 Å². The van der Waals surface area contributed by atoms with Crippen LogP contribution in [0.5, 0.6) is 17.2 Å². The van der Waals surface area contributed by atoms with E-state index >= 15 is 0 Å². The second kappa shape index (κ2) is 12.8. The molecule has 2 N–H and O–H groups in total. The predicted molar refractivity (Wildman–Crippen MR) is 162 cm³/mol. The third-order valence-corrected chi connectivity index (χ3v) is 7.65. The minimum atomic E-state index is -0.928. The maximum absolute atomic E-state index is 14.1. The van der Waals surface area contributed by atoms with Gasteiger partial charge in [0.2, 0.25) is 0 Å². The van der Waals surface area contributed by atoms with Crippen LogP contribution in [0, 0.1) is 0 Å². The van der Waals surface area contributed by atoms with Crippen molar-refractivity contribution in [3.8, 4) is 17.2 Å². The van der Waals surface area contributed by atoms with E-state index in [-0.39, 0.29) is 24.3 Å². The number of carbonyl (C=O) groups is 2. The standard InChI is InChI=1S/C32H29N3O7S/c1-4-41-31(38)27-28(20-8-6-5-7-9-20)34-32-35(29(27)23-17-22(39-2)14-15-24(23)40-3)30(37)25(43-32)16-19-10-12-21(13-11-19)42-18-26(33)36/h5-17,29H,4,18H2,1-3H3,(H2,33,36)/b25-16-/t29-/m0/s1. The molecule has 43 heavy (non-hydrogen) atoms. The van der Waals surface area contributed by atoms with Gasteiger partial charge in [0.15, 0.2) is 11.4 Å². The molecule has 220 valence electrons. The highest BCUT2D eigenvalue weighted by Crippen LogP contribution is 2.40. The Balaban J connectivity index is 1.76. The lowest BCUT2D eigenvalue weighted by Gasteiger charge is -2.27. The zero-order valence-electron chi connectivity index (χ0n) is 23.7. The zero-order valence-corrected chi connectivity index (χ0v) is 24.6. The van der Waals surface area contributed by atoms with Crippen LogP contribution in [0.3, 0.4) is 0 Å². The van der Waals surface area contributed by atoms with E-state index in [0.717, 1.165) is 5.56 Å². The number of fused-ring (bicyclic) bond motifs is 1. The van der Waals surface area contributed by atoms with Crippen LogP contribution < -0.4 is 34.8 Å². The number of rotatable bonds is 10. The number of methoxy groups -OCH3 is 2. The summed E-state index contributed by atoms with van der Waals surface area (Å²) in [4.78, 5) is 44.1. The Bertz CT molecular complexity index is 1880. The van der Waals surface area contributed by atoms with Crippen molar-refractivity contribution in [1.82, 2.24) is 4.57 Å². The smallest absolute Gasteiger partial charge is 0.338 e. The number of carbonyl (C=O) groups excluding carboxylic acids is 2. The lowest BCUT2D eigenvalue weighted by atomic mass is 9.92. The van der Waals surface area contributed by atoms with Crippen molar-refractivity contribution in [3.05, 3.63) is 115 Å². The Morgan fingerprint density at radius 1 is 1.00 bits per heavy atom. The van der Waals surface area contributed by atoms with E-state index in [0.29, 0.717) is 43.4 Å². The molecule has 0 saturated heterocycles. The van der Waals surface area contributed by atoms with Crippen LogP contribution in [0.25, 0.3) is 11.8 Å². The minimum absolute atomic E-state index is 0.135. The van der Waals surface area contributed by atoms with Gasteiger partial charge < -0.3 is 24.7 Å². The highest BCUT2D eigenvalue weighted by atomic mass is 32.1. The first-order valence-corrected chi connectivity index (χ1v) is 14.2. The Kier molecular flexibility index (Phi) is 8.72. The first-order valence-electron chi connectivity index (χ1n) is 13.4. The van der Waals surface area contributed by atoms with E-state index in [1.807, 2.05) is 30.3 Å². The molecule has 2 heterocycles. The summed E-state index contributed by atoms with van der Waals surface area (Å²) in [5, 5.41) is 0. The average molecular weight is 600 g/mol. The van der Waals surface area contributed by atoms with Gasteiger partial charge in [-0.1, -0.05) is 53.8 Å². The second-order valence-electron chi connectivity index (χ2n) is 9.36. The minimum Gasteiger partial charge on any atom is -0.497 e. The average Bonchev–Trinajstić information content (AvgIpc) is 3.34. The van der Waals surface area contributed by atoms with Crippen LogP contribution in [-0.2, 0) is 14.3 Å². The van der Waals surface area contributed by atoms with Gasteiger partial charge >= 0.3 is 5.97 Å². The summed E-state index contributed by atoms with van der Waals surface area (Å²) in [5.41, 5.74) is 7.37. The number of nitrogens with two attached hydrogens (primary N) is 1. The van der Waals surface area contributed by atoms with Crippen LogP contribution in [0.2, 0.25) is 0 Å². The fourth-order valence-electron chi connectivity index (χ4n) is 4.75. The van der Waals surface area contributed by atoms with Gasteiger partial charge in [-0.3, -0.25) is 14.2 Å². The maximum Gasteiger partial charge on any atom is 0.338 e. The van der Waals surface area contributed by atoms with Crippen molar-refractivity contribution in [3.63, 3.8) is 0 Å². The molecule has 4 aromatic rings. The molecule has 11 heteroatoms. The summed E-state index contributed by atoms with van der Waals surface area (Å²) in [7, 11) is 3.07. The molecule has 0 unspecified atom stereocenters. The number of thiazole rings is 1. The number of aromatic nitrogens is 1.